The fourth-order valence-electron chi connectivity index (χ4n) is 3.25. The predicted octanol–water partition coefficient (Wildman–Crippen LogP) is 5.02. The van der Waals surface area contributed by atoms with Gasteiger partial charge in [-0.1, -0.05) is 37.6 Å². The minimum absolute atomic E-state index is 0.0898. The summed E-state index contributed by atoms with van der Waals surface area (Å²) in [6.45, 7) is 9.92. The Morgan fingerprint density at radius 2 is 2.00 bits per heavy atom. The van der Waals surface area contributed by atoms with Gasteiger partial charge >= 0.3 is 0 Å². The number of azo groups is 1. The third kappa shape index (κ3) is 4.38. The maximum atomic E-state index is 12.9. The van der Waals surface area contributed by atoms with E-state index in [2.05, 4.69) is 35.5 Å². The maximum Gasteiger partial charge on any atom is 0.255 e. The molecule has 4 aromatic rings. The molecular formula is C23H20N8O2. The summed E-state index contributed by atoms with van der Waals surface area (Å²) in [6, 6.07) is 10.5. The van der Waals surface area contributed by atoms with Crippen LogP contribution in [0, 0.1) is 6.57 Å². The first-order chi connectivity index (χ1) is 16.1. The van der Waals surface area contributed by atoms with E-state index in [0.717, 1.165) is 18.2 Å². The summed E-state index contributed by atoms with van der Waals surface area (Å²) in [5.74, 6) is -0.352. The van der Waals surface area contributed by atoms with E-state index in [4.69, 9.17) is 6.57 Å². The Kier molecular flexibility index (Phi) is 6.31. The van der Waals surface area contributed by atoms with Gasteiger partial charge in [-0.3, -0.25) is 4.79 Å². The molecule has 0 saturated heterocycles. The Morgan fingerprint density at radius 3 is 2.76 bits per heavy atom. The van der Waals surface area contributed by atoms with Crippen LogP contribution in [0.15, 0.2) is 65.2 Å². The van der Waals surface area contributed by atoms with Gasteiger partial charge in [0.2, 0.25) is 0 Å². The van der Waals surface area contributed by atoms with E-state index in [9.17, 15) is 9.90 Å². The SMILES string of the molecule is [C-]#[N+]c1cnn(-c2ncccn2)c1N=Nc1cc2ccccc2c(C(=O)NCCCC)c1O. The van der Waals surface area contributed by atoms with E-state index >= 15 is 0 Å². The van der Waals surface area contributed by atoms with Crippen molar-refractivity contribution in [2.45, 2.75) is 19.8 Å². The molecule has 0 atom stereocenters. The van der Waals surface area contributed by atoms with E-state index in [1.54, 1.807) is 36.7 Å². The molecule has 0 radical (unpaired) electrons. The van der Waals surface area contributed by atoms with Gasteiger partial charge in [-0.15, -0.1) is 10.2 Å². The van der Waals surface area contributed by atoms with Crippen LogP contribution in [0.25, 0.3) is 21.6 Å². The molecule has 10 heteroatoms. The van der Waals surface area contributed by atoms with Crippen molar-refractivity contribution in [2.24, 2.45) is 10.2 Å². The molecule has 0 aliphatic rings. The third-order valence-electron chi connectivity index (χ3n) is 4.88. The zero-order valence-electron chi connectivity index (χ0n) is 17.8. The summed E-state index contributed by atoms with van der Waals surface area (Å²) in [5.41, 5.74) is 0.361. The second kappa shape index (κ2) is 9.65. The number of aromatic hydroxyl groups is 1. The number of carbonyl (C=O) groups excluding carboxylic acids is 1. The second-order valence-corrected chi connectivity index (χ2v) is 7.08. The Labute approximate surface area is 189 Å². The summed E-state index contributed by atoms with van der Waals surface area (Å²) < 4.78 is 1.29. The molecule has 2 N–H and O–H groups in total. The first kappa shape index (κ1) is 21.6. The number of phenols is 1. The van der Waals surface area contributed by atoms with Gasteiger partial charge in [0, 0.05) is 18.9 Å². The van der Waals surface area contributed by atoms with Crippen LogP contribution in [0.1, 0.15) is 30.1 Å². The Hall–Kier alpha value is -4.65. The maximum absolute atomic E-state index is 12.9. The number of aromatic nitrogens is 4. The molecule has 4 rings (SSSR count). The van der Waals surface area contributed by atoms with Crippen LogP contribution >= 0.6 is 0 Å². The lowest BCUT2D eigenvalue weighted by molar-refractivity contribution is 0.0952. The van der Waals surface area contributed by atoms with Crippen molar-refractivity contribution in [1.29, 1.82) is 0 Å². The van der Waals surface area contributed by atoms with Crippen molar-refractivity contribution in [3.63, 3.8) is 0 Å². The minimum atomic E-state index is -0.390. The molecule has 164 valence electrons. The van der Waals surface area contributed by atoms with Crippen molar-refractivity contribution >= 4 is 33.9 Å². The first-order valence-electron chi connectivity index (χ1n) is 10.3. The average molecular weight is 440 g/mol. The summed E-state index contributed by atoms with van der Waals surface area (Å²) in [5, 5.41) is 27.6. The van der Waals surface area contributed by atoms with Crippen LogP contribution in [-0.2, 0) is 0 Å². The second-order valence-electron chi connectivity index (χ2n) is 7.08. The number of phenolic OH excluding ortho intramolecular Hbond substituents is 1. The van der Waals surface area contributed by atoms with Crippen LogP contribution in [0.3, 0.4) is 0 Å². The highest BCUT2D eigenvalue weighted by molar-refractivity contribution is 6.11. The average Bonchev–Trinajstić information content (AvgIpc) is 3.26. The van der Waals surface area contributed by atoms with Gasteiger partial charge in [-0.25, -0.2) is 14.8 Å². The smallest absolute Gasteiger partial charge is 0.255 e. The standard InChI is InChI=1S/C23H20N8O2/c1-3-4-10-25-22(33)19-16-9-6-5-8-15(16)13-17(20(19)32)29-30-21-18(24-2)14-28-31(21)23-26-11-7-12-27-23/h5-9,11-14,32H,3-4,10H2,1H3,(H,25,33). The molecule has 0 saturated carbocycles. The molecule has 10 nitrogen and oxygen atoms in total. The molecule has 0 fully saturated rings. The number of unbranched alkanes of at least 4 members (excludes halogenated alkanes) is 1. The van der Waals surface area contributed by atoms with Crippen LogP contribution in [0.5, 0.6) is 5.75 Å². The van der Waals surface area contributed by atoms with Crippen LogP contribution in [-0.4, -0.2) is 37.3 Å². The minimum Gasteiger partial charge on any atom is -0.505 e. The van der Waals surface area contributed by atoms with E-state index in [0.29, 0.717) is 11.9 Å². The number of hydrogen-bond donors (Lipinski definition) is 2. The Bertz CT molecular complexity index is 1370. The Balaban J connectivity index is 1.79. The number of nitrogens with zero attached hydrogens (tertiary/aromatic N) is 7. The van der Waals surface area contributed by atoms with Crippen molar-refractivity contribution in [1.82, 2.24) is 25.1 Å². The normalized spacial score (nSPS) is 11.0. The van der Waals surface area contributed by atoms with Gasteiger partial charge in [0.1, 0.15) is 5.69 Å². The van der Waals surface area contributed by atoms with Crippen molar-refractivity contribution in [3.05, 3.63) is 72.0 Å². The fourth-order valence-corrected chi connectivity index (χ4v) is 3.25. The Morgan fingerprint density at radius 1 is 1.21 bits per heavy atom. The van der Waals surface area contributed by atoms with Gasteiger partial charge < -0.3 is 10.4 Å². The molecule has 2 heterocycles. The highest BCUT2D eigenvalue weighted by Gasteiger charge is 2.20. The van der Waals surface area contributed by atoms with E-state index in [1.165, 1.54) is 10.9 Å². The lowest BCUT2D eigenvalue weighted by Gasteiger charge is -2.11. The zero-order valence-corrected chi connectivity index (χ0v) is 17.8. The molecule has 1 amide bonds. The molecule has 2 aromatic carbocycles. The summed E-state index contributed by atoms with van der Waals surface area (Å²) >= 11 is 0. The highest BCUT2D eigenvalue weighted by atomic mass is 16.3. The molecule has 2 aromatic heterocycles. The van der Waals surface area contributed by atoms with Crippen LogP contribution in [0.2, 0.25) is 0 Å². The number of fused-ring (bicyclic) bond motifs is 1. The van der Waals surface area contributed by atoms with Crippen molar-refractivity contribution < 1.29 is 9.90 Å². The first-order valence-corrected chi connectivity index (χ1v) is 10.3. The molecule has 0 bridgehead atoms. The molecule has 0 aliphatic carbocycles. The number of hydrogen-bond acceptors (Lipinski definition) is 7. The molecule has 0 spiro atoms. The zero-order chi connectivity index (χ0) is 23.2. The third-order valence-corrected chi connectivity index (χ3v) is 4.88. The van der Waals surface area contributed by atoms with Crippen LogP contribution in [0.4, 0.5) is 17.2 Å². The number of carbonyl (C=O) groups is 1. The largest absolute Gasteiger partial charge is 0.505 e. The number of benzene rings is 2. The monoisotopic (exact) mass is 440 g/mol. The van der Waals surface area contributed by atoms with E-state index in [1.807, 2.05) is 19.1 Å². The molecule has 0 unspecified atom stereocenters. The van der Waals surface area contributed by atoms with Gasteiger partial charge in [0.25, 0.3) is 17.5 Å². The molecule has 0 aliphatic heterocycles. The van der Waals surface area contributed by atoms with Gasteiger partial charge in [0.05, 0.1) is 18.3 Å². The lowest BCUT2D eigenvalue weighted by atomic mass is 10.0. The van der Waals surface area contributed by atoms with Crippen molar-refractivity contribution in [2.75, 3.05) is 6.54 Å². The van der Waals surface area contributed by atoms with E-state index < -0.39 is 5.91 Å². The highest BCUT2D eigenvalue weighted by Crippen LogP contribution is 2.39. The lowest BCUT2D eigenvalue weighted by Crippen LogP contribution is -2.24. The molecule has 33 heavy (non-hydrogen) atoms. The number of rotatable bonds is 7. The topological polar surface area (TPSA) is 122 Å². The number of amides is 1. The van der Waals surface area contributed by atoms with E-state index in [-0.39, 0.29) is 34.5 Å². The summed E-state index contributed by atoms with van der Waals surface area (Å²) in [6.07, 6.45) is 6.19. The summed E-state index contributed by atoms with van der Waals surface area (Å²) in [7, 11) is 0. The predicted molar refractivity (Wildman–Crippen MR) is 122 cm³/mol. The van der Waals surface area contributed by atoms with Crippen LogP contribution < -0.4 is 5.32 Å². The van der Waals surface area contributed by atoms with Gasteiger partial charge in [-0.2, -0.15) is 9.78 Å². The van der Waals surface area contributed by atoms with Crippen molar-refractivity contribution in [3.8, 4) is 11.7 Å². The van der Waals surface area contributed by atoms with Gasteiger partial charge in [0.15, 0.2) is 11.6 Å². The van der Waals surface area contributed by atoms with Gasteiger partial charge in [-0.05, 0) is 29.3 Å². The quantitative estimate of drug-likeness (QED) is 0.237. The fraction of sp³-hybridized carbons (Fsp3) is 0.174. The number of nitrogens with one attached hydrogen (secondary N) is 1. The summed E-state index contributed by atoms with van der Waals surface area (Å²) in [4.78, 5) is 24.5. The molecular weight excluding hydrogens is 420 g/mol.